The number of rotatable bonds is 5. The van der Waals surface area contributed by atoms with E-state index in [1.807, 2.05) is 12.3 Å². The molecule has 0 N–H and O–H groups in total. The van der Waals surface area contributed by atoms with Gasteiger partial charge in [0.25, 0.3) is 0 Å². The number of esters is 1. The topological polar surface area (TPSA) is 73.3 Å². The fourth-order valence-corrected chi connectivity index (χ4v) is 3.73. The van der Waals surface area contributed by atoms with E-state index in [2.05, 4.69) is 4.98 Å². The molecule has 0 aliphatic carbocycles. The van der Waals surface area contributed by atoms with Gasteiger partial charge in [0.05, 0.1) is 10.5 Å². The van der Waals surface area contributed by atoms with Gasteiger partial charge in [-0.05, 0) is 55.5 Å². The maximum atomic E-state index is 12.5. The minimum Gasteiger partial charge on any atom is -0.423 e. The van der Waals surface area contributed by atoms with Crippen molar-refractivity contribution >= 4 is 27.1 Å². The molecule has 27 heavy (non-hydrogen) atoms. The second kappa shape index (κ2) is 7.53. The number of sulfone groups is 1. The number of carbonyl (C=O) groups is 1. The first kappa shape index (κ1) is 19.1. The fraction of sp³-hybridized carbons (Fsp3) is 0.111. The lowest BCUT2D eigenvalue weighted by Gasteiger charge is -2.06. The Kier molecular flexibility index (Phi) is 5.33. The van der Waals surface area contributed by atoms with Gasteiger partial charge in [-0.15, -0.1) is 11.3 Å². The quantitative estimate of drug-likeness (QED) is 0.463. The van der Waals surface area contributed by atoms with Crippen molar-refractivity contribution in [2.24, 2.45) is 0 Å². The summed E-state index contributed by atoms with van der Waals surface area (Å²) in [6, 6.07) is 10.9. The molecular formula is C18H13F2NO4S2. The molecule has 0 spiro atoms. The van der Waals surface area contributed by atoms with E-state index < -0.39 is 26.5 Å². The normalized spacial score (nSPS) is 11.6. The van der Waals surface area contributed by atoms with Crippen molar-refractivity contribution in [3.05, 3.63) is 65.2 Å². The first-order valence-electron chi connectivity index (χ1n) is 7.64. The summed E-state index contributed by atoms with van der Waals surface area (Å²) in [7, 11) is -4.70. The van der Waals surface area contributed by atoms with Gasteiger partial charge in [-0.3, -0.25) is 0 Å². The summed E-state index contributed by atoms with van der Waals surface area (Å²) in [6.45, 7) is 1.90. The van der Waals surface area contributed by atoms with Gasteiger partial charge in [0, 0.05) is 16.6 Å². The van der Waals surface area contributed by atoms with Crippen molar-refractivity contribution in [1.82, 2.24) is 4.98 Å². The third kappa shape index (κ3) is 4.20. The summed E-state index contributed by atoms with van der Waals surface area (Å²) in [5, 5.41) is 2.78. The third-order valence-corrected chi connectivity index (χ3v) is 5.99. The van der Waals surface area contributed by atoms with Gasteiger partial charge < -0.3 is 4.74 Å². The van der Waals surface area contributed by atoms with E-state index in [0.717, 1.165) is 40.5 Å². The molecule has 1 heterocycles. The number of alkyl halides is 2. The second-order valence-electron chi connectivity index (χ2n) is 5.54. The maximum Gasteiger partial charge on any atom is 0.343 e. The lowest BCUT2D eigenvalue weighted by molar-refractivity contribution is 0.0734. The van der Waals surface area contributed by atoms with Crippen LogP contribution in [-0.2, 0) is 9.84 Å². The number of thiazole rings is 1. The zero-order chi connectivity index (χ0) is 19.6. The van der Waals surface area contributed by atoms with Crippen LogP contribution in [0, 0.1) is 6.92 Å². The van der Waals surface area contributed by atoms with Crippen LogP contribution in [0.2, 0.25) is 0 Å². The molecule has 0 saturated heterocycles. The maximum absolute atomic E-state index is 12.5. The van der Waals surface area contributed by atoms with Crippen molar-refractivity contribution in [3.63, 3.8) is 0 Å². The highest BCUT2D eigenvalue weighted by Crippen LogP contribution is 2.26. The highest BCUT2D eigenvalue weighted by atomic mass is 32.2. The van der Waals surface area contributed by atoms with Crippen molar-refractivity contribution < 1.29 is 26.7 Å². The lowest BCUT2D eigenvalue weighted by Crippen LogP contribution is -2.12. The molecular weight excluding hydrogens is 396 g/mol. The number of aromatic nitrogens is 1. The zero-order valence-electron chi connectivity index (χ0n) is 13.9. The Hall–Kier alpha value is -2.65. The van der Waals surface area contributed by atoms with E-state index >= 15 is 0 Å². The Balaban J connectivity index is 1.72. The molecule has 0 bridgehead atoms. The van der Waals surface area contributed by atoms with Crippen LogP contribution in [0.5, 0.6) is 5.75 Å². The number of ether oxygens (including phenoxy) is 1. The number of nitrogens with zero attached hydrogens (tertiary/aromatic N) is 1. The van der Waals surface area contributed by atoms with Crippen LogP contribution in [-0.4, -0.2) is 25.1 Å². The number of aryl methyl sites for hydroxylation is 1. The van der Waals surface area contributed by atoms with Crippen molar-refractivity contribution in [2.45, 2.75) is 17.6 Å². The summed E-state index contributed by atoms with van der Waals surface area (Å²) in [6.07, 6.45) is 0. The number of hydrogen-bond donors (Lipinski definition) is 0. The molecule has 0 unspecified atom stereocenters. The smallest absolute Gasteiger partial charge is 0.343 e. The Morgan fingerprint density at radius 1 is 1.07 bits per heavy atom. The monoisotopic (exact) mass is 409 g/mol. The van der Waals surface area contributed by atoms with Crippen LogP contribution in [0.3, 0.4) is 0 Å². The molecule has 0 saturated carbocycles. The van der Waals surface area contributed by atoms with Crippen LogP contribution in [0.15, 0.2) is 58.8 Å². The summed E-state index contributed by atoms with van der Waals surface area (Å²) in [5.74, 6) is -3.95. The average molecular weight is 409 g/mol. The molecule has 0 amide bonds. The molecule has 0 radical (unpaired) electrons. The molecule has 0 aliphatic heterocycles. The number of carbonyl (C=O) groups excluding carboxylic acids is 1. The Labute approximate surface area is 158 Å². The average Bonchev–Trinajstić information content (AvgIpc) is 3.08. The van der Waals surface area contributed by atoms with Gasteiger partial charge in [0.15, 0.2) is 0 Å². The molecule has 9 heteroatoms. The molecule has 5 nitrogen and oxygen atoms in total. The van der Waals surface area contributed by atoms with E-state index in [1.165, 1.54) is 11.3 Å². The van der Waals surface area contributed by atoms with E-state index in [4.69, 9.17) is 4.74 Å². The molecule has 0 atom stereocenters. The molecule has 0 aliphatic rings. The van der Waals surface area contributed by atoms with E-state index in [-0.39, 0.29) is 5.56 Å². The molecule has 140 valence electrons. The first-order chi connectivity index (χ1) is 12.8. The van der Waals surface area contributed by atoms with Crippen molar-refractivity contribution in [3.8, 4) is 16.3 Å². The largest absolute Gasteiger partial charge is 0.423 e. The fourth-order valence-electron chi connectivity index (χ4n) is 2.20. The highest BCUT2D eigenvalue weighted by molar-refractivity contribution is 7.91. The van der Waals surface area contributed by atoms with E-state index in [0.29, 0.717) is 5.75 Å². The molecule has 0 fully saturated rings. The van der Waals surface area contributed by atoms with Gasteiger partial charge in [-0.2, -0.15) is 8.78 Å². The van der Waals surface area contributed by atoms with E-state index in [1.54, 1.807) is 24.3 Å². The highest BCUT2D eigenvalue weighted by Gasteiger charge is 2.26. The third-order valence-electron chi connectivity index (χ3n) is 3.58. The summed E-state index contributed by atoms with van der Waals surface area (Å²) in [5.41, 5.74) is 1.85. The summed E-state index contributed by atoms with van der Waals surface area (Å²) in [4.78, 5) is 15.9. The number of halogens is 2. The Morgan fingerprint density at radius 3 is 2.22 bits per heavy atom. The molecule has 2 aromatic carbocycles. The molecule has 1 aromatic heterocycles. The van der Waals surface area contributed by atoms with Crippen LogP contribution in [0.25, 0.3) is 10.6 Å². The standard InChI is InChI=1S/C18H13F2NO4S2/c1-11-10-26-16(21-11)12-2-6-14(7-3-12)25-17(22)13-4-8-15(9-5-13)27(23,24)18(19)20/h2-10,18H,1H3. The van der Waals surface area contributed by atoms with Gasteiger partial charge in [-0.1, -0.05) is 0 Å². The Bertz CT molecular complexity index is 1060. The molecule has 3 aromatic rings. The number of hydrogen-bond acceptors (Lipinski definition) is 6. The SMILES string of the molecule is Cc1csc(-c2ccc(OC(=O)c3ccc(S(=O)(=O)C(F)F)cc3)cc2)n1. The first-order valence-corrected chi connectivity index (χ1v) is 10.1. The predicted molar refractivity (Wildman–Crippen MR) is 96.9 cm³/mol. The molecule has 3 rings (SSSR count). The Morgan fingerprint density at radius 2 is 1.70 bits per heavy atom. The van der Waals surface area contributed by atoms with E-state index in [9.17, 15) is 22.0 Å². The second-order valence-corrected chi connectivity index (χ2v) is 8.31. The van der Waals surface area contributed by atoms with Gasteiger partial charge in [0.1, 0.15) is 10.8 Å². The van der Waals surface area contributed by atoms with Crippen LogP contribution < -0.4 is 4.74 Å². The van der Waals surface area contributed by atoms with Gasteiger partial charge >= 0.3 is 11.7 Å². The van der Waals surface area contributed by atoms with Crippen molar-refractivity contribution in [2.75, 3.05) is 0 Å². The van der Waals surface area contributed by atoms with Gasteiger partial charge in [-0.25, -0.2) is 18.2 Å². The zero-order valence-corrected chi connectivity index (χ0v) is 15.6. The lowest BCUT2D eigenvalue weighted by atomic mass is 10.2. The van der Waals surface area contributed by atoms with Crippen LogP contribution in [0.4, 0.5) is 8.78 Å². The number of benzene rings is 2. The summed E-state index contributed by atoms with van der Waals surface area (Å²) >= 11 is 1.50. The minimum absolute atomic E-state index is 0.0443. The van der Waals surface area contributed by atoms with Crippen molar-refractivity contribution in [1.29, 1.82) is 0 Å². The summed E-state index contributed by atoms with van der Waals surface area (Å²) < 4.78 is 53.0. The minimum atomic E-state index is -4.70. The van der Waals surface area contributed by atoms with Crippen LogP contribution >= 0.6 is 11.3 Å². The predicted octanol–water partition coefficient (Wildman–Crippen LogP) is 4.33. The van der Waals surface area contributed by atoms with Crippen LogP contribution in [0.1, 0.15) is 16.1 Å². The van der Waals surface area contributed by atoms with Gasteiger partial charge in [0.2, 0.25) is 9.84 Å².